The summed E-state index contributed by atoms with van der Waals surface area (Å²) in [5.41, 5.74) is -1.04. The van der Waals surface area contributed by atoms with E-state index in [0.717, 1.165) is 19.3 Å². The lowest BCUT2D eigenvalue weighted by Crippen LogP contribution is -2.67. The van der Waals surface area contributed by atoms with Gasteiger partial charge in [0.1, 0.15) is 11.1 Å². The highest BCUT2D eigenvalue weighted by Crippen LogP contribution is 2.46. The molecule has 0 bridgehead atoms. The second-order valence-corrected chi connectivity index (χ2v) is 8.54. The Kier molecular flexibility index (Phi) is 16.6. The Morgan fingerprint density at radius 1 is 0.933 bits per heavy atom. The Morgan fingerprint density at radius 2 is 1.57 bits per heavy atom. The molecular formula is C26H51NO3. The second-order valence-electron chi connectivity index (χ2n) is 8.54. The van der Waals surface area contributed by atoms with Gasteiger partial charge in [-0.05, 0) is 39.0 Å². The lowest BCUT2D eigenvalue weighted by molar-refractivity contribution is -0.439. The van der Waals surface area contributed by atoms with Crippen molar-refractivity contribution in [3.63, 3.8) is 0 Å². The second kappa shape index (κ2) is 16.9. The number of nitrogens with zero attached hydrogens (tertiary/aromatic N) is 1. The SMILES string of the molecule is C=CCC(C(C)C)(N(OCC)OCCCCCC)C(C=CC)(CCCCCC)OC. The fourth-order valence-electron chi connectivity index (χ4n) is 4.49. The van der Waals surface area contributed by atoms with Crippen LogP contribution in [0.2, 0.25) is 0 Å². The summed E-state index contributed by atoms with van der Waals surface area (Å²) in [6.07, 6.45) is 17.4. The monoisotopic (exact) mass is 425 g/mol. The van der Waals surface area contributed by atoms with Crippen molar-refractivity contribution < 1.29 is 14.4 Å². The zero-order valence-corrected chi connectivity index (χ0v) is 21.2. The van der Waals surface area contributed by atoms with E-state index >= 15 is 0 Å². The maximum atomic E-state index is 6.37. The molecule has 0 aliphatic heterocycles. The summed E-state index contributed by atoms with van der Waals surface area (Å²) < 4.78 is 6.37. The van der Waals surface area contributed by atoms with Crippen LogP contribution in [-0.4, -0.2) is 36.7 Å². The number of hydrogen-bond acceptors (Lipinski definition) is 4. The smallest absolute Gasteiger partial charge is 0.112 e. The quantitative estimate of drug-likeness (QED) is 0.114. The molecule has 0 aliphatic rings. The number of ether oxygens (including phenoxy) is 1. The van der Waals surface area contributed by atoms with E-state index in [-0.39, 0.29) is 5.92 Å². The van der Waals surface area contributed by atoms with Gasteiger partial charge in [0, 0.05) is 7.11 Å². The van der Waals surface area contributed by atoms with Gasteiger partial charge in [-0.25, -0.2) is 0 Å². The van der Waals surface area contributed by atoms with Crippen LogP contribution < -0.4 is 0 Å². The third kappa shape index (κ3) is 8.11. The number of allylic oxidation sites excluding steroid dienone is 1. The number of unbranched alkanes of at least 4 members (excludes halogenated alkanes) is 6. The fourth-order valence-corrected chi connectivity index (χ4v) is 4.49. The molecule has 4 nitrogen and oxygen atoms in total. The minimum Gasteiger partial charge on any atom is -0.372 e. The fraction of sp³-hybridized carbons (Fsp3) is 0.846. The summed E-state index contributed by atoms with van der Waals surface area (Å²) in [6, 6.07) is 0. The van der Waals surface area contributed by atoms with Crippen LogP contribution in [0.15, 0.2) is 24.8 Å². The average Bonchev–Trinajstić information content (AvgIpc) is 2.73. The summed E-state index contributed by atoms with van der Waals surface area (Å²) >= 11 is 0. The van der Waals surface area contributed by atoms with Crippen LogP contribution in [0.25, 0.3) is 0 Å². The molecule has 4 heteroatoms. The van der Waals surface area contributed by atoms with E-state index < -0.39 is 11.1 Å². The van der Waals surface area contributed by atoms with Crippen molar-refractivity contribution >= 4 is 0 Å². The summed E-state index contributed by atoms with van der Waals surface area (Å²) in [7, 11) is 1.82. The van der Waals surface area contributed by atoms with Crippen LogP contribution in [-0.2, 0) is 14.4 Å². The van der Waals surface area contributed by atoms with Crippen molar-refractivity contribution in [3.05, 3.63) is 24.8 Å². The molecule has 0 aliphatic carbocycles. The van der Waals surface area contributed by atoms with Gasteiger partial charge in [-0.1, -0.05) is 96.1 Å². The average molecular weight is 426 g/mol. The Labute approximate surface area is 187 Å². The molecule has 0 fully saturated rings. The van der Waals surface area contributed by atoms with Gasteiger partial charge in [0.2, 0.25) is 0 Å². The Balaban J connectivity index is 6.08. The van der Waals surface area contributed by atoms with Gasteiger partial charge < -0.3 is 4.74 Å². The van der Waals surface area contributed by atoms with E-state index in [1.807, 2.05) is 20.1 Å². The lowest BCUT2D eigenvalue weighted by Gasteiger charge is -2.54. The van der Waals surface area contributed by atoms with Crippen LogP contribution in [0.3, 0.4) is 0 Å². The highest BCUT2D eigenvalue weighted by atomic mass is 17.0. The zero-order chi connectivity index (χ0) is 22.9. The van der Waals surface area contributed by atoms with E-state index in [9.17, 15) is 0 Å². The Morgan fingerprint density at radius 3 is 2.03 bits per heavy atom. The lowest BCUT2D eigenvalue weighted by atomic mass is 9.67. The predicted octanol–water partition coefficient (Wildman–Crippen LogP) is 7.65. The maximum Gasteiger partial charge on any atom is 0.112 e. The van der Waals surface area contributed by atoms with Gasteiger partial charge in [-0.3, -0.25) is 9.68 Å². The van der Waals surface area contributed by atoms with E-state index in [1.165, 1.54) is 38.5 Å². The van der Waals surface area contributed by atoms with Crippen LogP contribution >= 0.6 is 0 Å². The standard InChI is InChI=1S/C26H51NO3/c1-9-14-16-18-22-25(28-8,20-11-3)26(21-12-4,24(6)7)27(29-13-5)30-23-19-17-15-10-2/h11-12,20,24H,4,9-10,13-19,21-23H2,1-3,5-8H3. The molecule has 0 aromatic rings. The summed E-state index contributed by atoms with van der Waals surface area (Å²) in [6.45, 7) is 18.3. The number of hydrogen-bond donors (Lipinski definition) is 0. The summed E-state index contributed by atoms with van der Waals surface area (Å²) in [5, 5.41) is 1.79. The van der Waals surface area contributed by atoms with Crippen LogP contribution in [0.4, 0.5) is 0 Å². The van der Waals surface area contributed by atoms with Crippen molar-refractivity contribution in [2.45, 2.75) is 117 Å². The molecule has 0 spiro atoms. The topological polar surface area (TPSA) is 30.9 Å². The van der Waals surface area contributed by atoms with Crippen molar-refractivity contribution in [1.29, 1.82) is 0 Å². The first-order valence-electron chi connectivity index (χ1n) is 12.3. The number of rotatable bonds is 20. The van der Waals surface area contributed by atoms with Crippen LogP contribution in [0.1, 0.15) is 106 Å². The van der Waals surface area contributed by atoms with Gasteiger partial charge in [0.15, 0.2) is 0 Å². The first-order valence-corrected chi connectivity index (χ1v) is 12.3. The molecule has 0 radical (unpaired) electrons. The summed E-state index contributed by atoms with van der Waals surface area (Å²) in [5.74, 6) is 0.222. The molecule has 30 heavy (non-hydrogen) atoms. The Hall–Kier alpha value is -0.680. The van der Waals surface area contributed by atoms with Crippen molar-refractivity contribution in [3.8, 4) is 0 Å². The molecule has 178 valence electrons. The normalized spacial score (nSPS) is 16.3. The Bertz CT molecular complexity index is 452. The maximum absolute atomic E-state index is 6.37. The number of methoxy groups -OCH3 is 1. The van der Waals surface area contributed by atoms with E-state index in [2.05, 4.69) is 53.3 Å². The van der Waals surface area contributed by atoms with Crippen LogP contribution in [0, 0.1) is 5.92 Å². The van der Waals surface area contributed by atoms with Gasteiger partial charge in [0.05, 0.1) is 13.2 Å². The minimum absolute atomic E-state index is 0.222. The molecule has 0 heterocycles. The molecule has 0 aromatic heterocycles. The predicted molar refractivity (Wildman–Crippen MR) is 129 cm³/mol. The zero-order valence-electron chi connectivity index (χ0n) is 21.2. The highest BCUT2D eigenvalue weighted by molar-refractivity contribution is 5.18. The number of hydroxylamine groups is 2. The van der Waals surface area contributed by atoms with Crippen molar-refractivity contribution in [1.82, 2.24) is 5.23 Å². The molecule has 2 atom stereocenters. The van der Waals surface area contributed by atoms with Crippen LogP contribution in [0.5, 0.6) is 0 Å². The van der Waals surface area contributed by atoms with Gasteiger partial charge >= 0.3 is 0 Å². The summed E-state index contributed by atoms with van der Waals surface area (Å²) in [4.78, 5) is 12.5. The van der Waals surface area contributed by atoms with Crippen molar-refractivity contribution in [2.24, 2.45) is 5.92 Å². The third-order valence-electron chi connectivity index (χ3n) is 6.12. The molecule has 0 amide bonds. The van der Waals surface area contributed by atoms with Gasteiger partial charge in [-0.2, -0.15) is 0 Å². The molecule has 0 saturated heterocycles. The first-order chi connectivity index (χ1) is 14.5. The molecular weight excluding hydrogens is 374 g/mol. The van der Waals surface area contributed by atoms with Gasteiger partial charge in [-0.15, -0.1) is 6.58 Å². The largest absolute Gasteiger partial charge is 0.372 e. The molecule has 0 saturated carbocycles. The molecule has 0 N–H and O–H groups in total. The molecule has 0 rings (SSSR count). The van der Waals surface area contributed by atoms with Crippen molar-refractivity contribution in [2.75, 3.05) is 20.3 Å². The van der Waals surface area contributed by atoms with E-state index in [1.54, 1.807) is 5.23 Å². The third-order valence-corrected chi connectivity index (χ3v) is 6.12. The minimum atomic E-state index is -0.531. The molecule has 0 aromatic carbocycles. The molecule has 2 unspecified atom stereocenters. The highest BCUT2D eigenvalue weighted by Gasteiger charge is 2.57. The van der Waals surface area contributed by atoms with E-state index in [4.69, 9.17) is 14.4 Å². The van der Waals surface area contributed by atoms with Gasteiger partial charge in [0.25, 0.3) is 0 Å². The van der Waals surface area contributed by atoms with E-state index in [0.29, 0.717) is 19.6 Å². The first kappa shape index (κ1) is 29.3.